The molecule has 1 atom stereocenters. The molecule has 0 bridgehead atoms. The number of carbonyl (C=O) groups excluding carboxylic acids is 1. The molecule has 1 fully saturated rings. The summed E-state index contributed by atoms with van der Waals surface area (Å²) in [5.74, 6) is 0. The summed E-state index contributed by atoms with van der Waals surface area (Å²) < 4.78 is 84.0. The minimum absolute atomic E-state index is 0.443. The summed E-state index contributed by atoms with van der Waals surface area (Å²) >= 11 is 0. The Morgan fingerprint density at radius 3 is 2.12 bits per heavy atom. The fourth-order valence-electron chi connectivity index (χ4n) is 1.03. The summed E-state index contributed by atoms with van der Waals surface area (Å²) in [5, 5.41) is 0. The Labute approximate surface area is 90.4 Å². The average Bonchev–Trinajstić information content (AvgIpc) is 2.46. The van der Waals surface area contributed by atoms with Crippen molar-refractivity contribution >= 4 is 6.16 Å². The molecule has 100 valence electrons. The zero-order chi connectivity index (χ0) is 13.3. The Morgan fingerprint density at radius 2 is 1.76 bits per heavy atom. The van der Waals surface area contributed by atoms with Crippen LogP contribution in [-0.2, 0) is 14.2 Å². The second-order valence-electron chi connectivity index (χ2n) is 3.10. The fraction of sp³-hybridized carbons (Fsp3) is 0.857. The van der Waals surface area contributed by atoms with Gasteiger partial charge in [0.15, 0.2) is 6.10 Å². The molecule has 1 unspecified atom stereocenters. The lowest BCUT2D eigenvalue weighted by atomic mass is 10.3. The van der Waals surface area contributed by atoms with Gasteiger partial charge in [0.1, 0.15) is 6.61 Å². The maximum absolute atomic E-state index is 12.0. The summed E-state index contributed by atoms with van der Waals surface area (Å²) in [6, 6.07) is 0. The van der Waals surface area contributed by atoms with Crippen LogP contribution in [0.1, 0.15) is 0 Å². The van der Waals surface area contributed by atoms with Gasteiger partial charge < -0.3 is 14.2 Å². The minimum atomic E-state index is -5.58. The van der Waals surface area contributed by atoms with Gasteiger partial charge >= 0.3 is 18.5 Å². The summed E-state index contributed by atoms with van der Waals surface area (Å²) in [7, 11) is 0. The SMILES string of the molecule is O=C1OCC(COC(C(F)(F)F)C(F)(F)F)O1. The van der Waals surface area contributed by atoms with Crippen molar-refractivity contribution in [1.29, 1.82) is 0 Å². The molecule has 1 heterocycles. The quantitative estimate of drug-likeness (QED) is 0.580. The van der Waals surface area contributed by atoms with Crippen molar-refractivity contribution < 1.29 is 45.3 Å². The third kappa shape index (κ3) is 3.95. The van der Waals surface area contributed by atoms with Crippen molar-refractivity contribution in [3.63, 3.8) is 0 Å². The van der Waals surface area contributed by atoms with Crippen LogP contribution in [0.5, 0.6) is 0 Å². The molecule has 0 aromatic rings. The Kier molecular flexibility index (Phi) is 3.74. The van der Waals surface area contributed by atoms with Gasteiger partial charge in [0.25, 0.3) is 0 Å². The zero-order valence-corrected chi connectivity index (χ0v) is 7.97. The van der Waals surface area contributed by atoms with Crippen LogP contribution in [0.3, 0.4) is 0 Å². The van der Waals surface area contributed by atoms with E-state index in [-0.39, 0.29) is 0 Å². The lowest BCUT2D eigenvalue weighted by molar-refractivity contribution is -0.324. The first kappa shape index (κ1) is 13.9. The van der Waals surface area contributed by atoms with Crippen molar-refractivity contribution in [3.8, 4) is 0 Å². The molecule has 17 heavy (non-hydrogen) atoms. The first-order valence-electron chi connectivity index (χ1n) is 4.19. The number of hydrogen-bond acceptors (Lipinski definition) is 4. The van der Waals surface area contributed by atoms with E-state index >= 15 is 0 Å². The Bertz CT molecular complexity index is 271. The maximum atomic E-state index is 12.0. The van der Waals surface area contributed by atoms with Gasteiger partial charge in [-0.25, -0.2) is 4.79 Å². The molecule has 0 N–H and O–H groups in total. The predicted molar refractivity (Wildman–Crippen MR) is 38.1 cm³/mol. The number of halogens is 6. The van der Waals surface area contributed by atoms with E-state index in [2.05, 4.69) is 14.2 Å². The van der Waals surface area contributed by atoms with Crippen molar-refractivity contribution in [3.05, 3.63) is 0 Å². The molecular formula is C7H6F6O4. The van der Waals surface area contributed by atoms with Gasteiger partial charge in [0.2, 0.25) is 6.10 Å². The molecule has 0 spiro atoms. The zero-order valence-electron chi connectivity index (χ0n) is 7.97. The van der Waals surface area contributed by atoms with E-state index in [9.17, 15) is 31.1 Å². The molecule has 1 rings (SSSR count). The molecule has 0 radical (unpaired) electrons. The Balaban J connectivity index is 2.54. The Morgan fingerprint density at radius 1 is 1.24 bits per heavy atom. The largest absolute Gasteiger partial charge is 0.508 e. The highest BCUT2D eigenvalue weighted by Crippen LogP contribution is 2.35. The standard InChI is InChI=1S/C7H6F6O4/c8-6(9,10)4(7(11,12)13)15-1-3-2-16-5(14)17-3/h3-4H,1-2H2. The van der Waals surface area contributed by atoms with E-state index in [1.54, 1.807) is 0 Å². The van der Waals surface area contributed by atoms with Gasteiger partial charge in [-0.2, -0.15) is 26.3 Å². The third-order valence-electron chi connectivity index (χ3n) is 1.69. The highest BCUT2D eigenvalue weighted by atomic mass is 19.4. The van der Waals surface area contributed by atoms with Crippen LogP contribution in [-0.4, -0.2) is 43.9 Å². The average molecular weight is 268 g/mol. The molecule has 1 aliphatic rings. The summed E-state index contributed by atoms with van der Waals surface area (Å²) in [4.78, 5) is 10.3. The smallest absolute Gasteiger partial charge is 0.430 e. The van der Waals surface area contributed by atoms with Crippen molar-refractivity contribution in [1.82, 2.24) is 0 Å². The highest BCUT2D eigenvalue weighted by molar-refractivity contribution is 5.61. The monoisotopic (exact) mass is 268 g/mol. The minimum Gasteiger partial charge on any atom is -0.430 e. The number of alkyl halides is 6. The predicted octanol–water partition coefficient (Wildman–Crippen LogP) is 2.03. The van der Waals surface area contributed by atoms with Gasteiger partial charge in [0.05, 0.1) is 6.61 Å². The lowest BCUT2D eigenvalue weighted by Gasteiger charge is -2.23. The van der Waals surface area contributed by atoms with E-state index in [0.29, 0.717) is 0 Å². The molecular weight excluding hydrogens is 262 g/mol. The second-order valence-corrected chi connectivity index (χ2v) is 3.10. The molecule has 4 nitrogen and oxygen atoms in total. The van der Waals surface area contributed by atoms with Crippen LogP contribution in [0, 0.1) is 0 Å². The first-order chi connectivity index (χ1) is 7.60. The van der Waals surface area contributed by atoms with Crippen LogP contribution in [0.2, 0.25) is 0 Å². The summed E-state index contributed by atoms with van der Waals surface area (Å²) in [6.07, 6.45) is -17.5. The van der Waals surface area contributed by atoms with Gasteiger partial charge in [-0.3, -0.25) is 0 Å². The number of cyclic esters (lactones) is 2. The van der Waals surface area contributed by atoms with Gasteiger partial charge in [-0.05, 0) is 0 Å². The Hall–Kier alpha value is -1.19. The number of carbonyl (C=O) groups is 1. The molecule has 1 saturated heterocycles. The summed E-state index contributed by atoms with van der Waals surface area (Å²) in [5.41, 5.74) is 0. The van der Waals surface area contributed by atoms with Crippen molar-refractivity contribution in [2.75, 3.05) is 13.2 Å². The number of hydrogen-bond donors (Lipinski definition) is 0. The van der Waals surface area contributed by atoms with E-state index in [1.807, 2.05) is 0 Å². The molecule has 0 aromatic carbocycles. The second kappa shape index (κ2) is 4.59. The maximum Gasteiger partial charge on any atom is 0.508 e. The summed E-state index contributed by atoms with van der Waals surface area (Å²) in [6.45, 7) is -1.49. The third-order valence-corrected chi connectivity index (χ3v) is 1.69. The van der Waals surface area contributed by atoms with Crippen LogP contribution in [0.15, 0.2) is 0 Å². The molecule has 0 aliphatic carbocycles. The van der Waals surface area contributed by atoms with Crippen molar-refractivity contribution in [2.45, 2.75) is 24.6 Å². The normalized spacial score (nSPS) is 21.6. The molecule has 10 heteroatoms. The van der Waals surface area contributed by atoms with Crippen LogP contribution >= 0.6 is 0 Å². The van der Waals surface area contributed by atoms with E-state index in [4.69, 9.17) is 0 Å². The van der Waals surface area contributed by atoms with E-state index < -0.39 is 43.9 Å². The van der Waals surface area contributed by atoms with Crippen molar-refractivity contribution in [2.24, 2.45) is 0 Å². The van der Waals surface area contributed by atoms with Crippen LogP contribution < -0.4 is 0 Å². The molecule has 0 amide bonds. The van der Waals surface area contributed by atoms with E-state index in [1.165, 1.54) is 0 Å². The highest BCUT2D eigenvalue weighted by Gasteiger charge is 2.58. The van der Waals surface area contributed by atoms with Gasteiger partial charge in [-0.15, -0.1) is 0 Å². The first-order valence-corrected chi connectivity index (χ1v) is 4.19. The fourth-order valence-corrected chi connectivity index (χ4v) is 1.03. The topological polar surface area (TPSA) is 44.8 Å². The van der Waals surface area contributed by atoms with E-state index in [0.717, 1.165) is 0 Å². The number of rotatable bonds is 3. The van der Waals surface area contributed by atoms with Gasteiger partial charge in [-0.1, -0.05) is 0 Å². The lowest BCUT2D eigenvalue weighted by Crippen LogP contribution is -2.45. The van der Waals surface area contributed by atoms with Crippen LogP contribution in [0.25, 0.3) is 0 Å². The molecule has 1 aliphatic heterocycles. The molecule has 0 aromatic heterocycles. The molecule has 0 saturated carbocycles. The van der Waals surface area contributed by atoms with Gasteiger partial charge in [0, 0.05) is 0 Å². The van der Waals surface area contributed by atoms with Crippen LogP contribution in [0.4, 0.5) is 31.1 Å². The number of ether oxygens (including phenoxy) is 3.